The molecular formula is C13H13Cl2N3O2. The first-order valence-corrected chi connectivity index (χ1v) is 6.62. The van der Waals surface area contributed by atoms with Crippen LogP contribution in [0.4, 0.5) is 5.69 Å². The molecule has 0 amide bonds. The van der Waals surface area contributed by atoms with E-state index in [9.17, 15) is 5.11 Å². The normalized spacial score (nSPS) is 10.8. The summed E-state index contributed by atoms with van der Waals surface area (Å²) >= 11 is 12.0. The highest BCUT2D eigenvalue weighted by molar-refractivity contribution is 6.37. The molecule has 2 rings (SSSR count). The van der Waals surface area contributed by atoms with Crippen LogP contribution in [0.5, 0.6) is 17.5 Å². The Kier molecular flexibility index (Phi) is 4.20. The number of nitrogens with zero attached hydrogens (tertiary/aromatic N) is 2. The highest BCUT2D eigenvalue weighted by Crippen LogP contribution is 2.37. The molecular weight excluding hydrogens is 301 g/mol. The van der Waals surface area contributed by atoms with Gasteiger partial charge in [0.05, 0.1) is 21.9 Å². The van der Waals surface area contributed by atoms with E-state index in [1.165, 1.54) is 18.3 Å². The van der Waals surface area contributed by atoms with E-state index in [0.29, 0.717) is 11.4 Å². The lowest BCUT2D eigenvalue weighted by molar-refractivity contribution is 0.417. The third-order valence-corrected chi connectivity index (χ3v) is 3.10. The van der Waals surface area contributed by atoms with Gasteiger partial charge in [0.1, 0.15) is 0 Å². The predicted octanol–water partition coefficient (Wildman–Crippen LogP) is 3.99. The number of aromatic nitrogens is 2. The molecule has 1 heterocycles. The molecule has 0 fully saturated rings. The predicted molar refractivity (Wildman–Crippen MR) is 78.7 cm³/mol. The molecule has 0 atom stereocenters. The summed E-state index contributed by atoms with van der Waals surface area (Å²) in [5.74, 6) is 0.266. The number of nitrogen functional groups attached to an aromatic ring is 1. The Balaban J connectivity index is 2.38. The molecule has 0 radical (unpaired) electrons. The van der Waals surface area contributed by atoms with E-state index < -0.39 is 0 Å². The number of nitrogens with two attached hydrogens (primary N) is 1. The van der Waals surface area contributed by atoms with Gasteiger partial charge in [-0.05, 0) is 18.1 Å². The van der Waals surface area contributed by atoms with E-state index in [1.807, 2.05) is 13.8 Å². The SMILES string of the molecule is CC(C)c1nc(Oc2c(Cl)cc(N)cc2Cl)ncc1O. The average molecular weight is 314 g/mol. The molecule has 3 N–H and O–H groups in total. The second-order valence-corrected chi connectivity index (χ2v) is 5.31. The van der Waals surface area contributed by atoms with E-state index in [0.717, 1.165) is 0 Å². The van der Waals surface area contributed by atoms with Crippen molar-refractivity contribution in [1.29, 1.82) is 0 Å². The minimum absolute atomic E-state index is 0.0156. The van der Waals surface area contributed by atoms with Crippen molar-refractivity contribution < 1.29 is 9.84 Å². The summed E-state index contributed by atoms with van der Waals surface area (Å²) in [6.07, 6.45) is 1.27. The summed E-state index contributed by atoms with van der Waals surface area (Å²) in [7, 11) is 0. The number of anilines is 1. The highest BCUT2D eigenvalue weighted by Gasteiger charge is 2.15. The Morgan fingerprint density at radius 1 is 1.25 bits per heavy atom. The first kappa shape index (κ1) is 14.7. The molecule has 7 heteroatoms. The summed E-state index contributed by atoms with van der Waals surface area (Å²) in [5, 5.41) is 10.2. The lowest BCUT2D eigenvalue weighted by Crippen LogP contribution is -1.99. The fourth-order valence-electron chi connectivity index (χ4n) is 1.61. The van der Waals surface area contributed by atoms with Crippen LogP contribution >= 0.6 is 23.2 Å². The Morgan fingerprint density at radius 2 is 1.85 bits per heavy atom. The minimum Gasteiger partial charge on any atom is -0.504 e. The average Bonchev–Trinajstić information content (AvgIpc) is 2.35. The van der Waals surface area contributed by atoms with E-state index in [2.05, 4.69) is 9.97 Å². The van der Waals surface area contributed by atoms with Crippen molar-refractivity contribution in [2.45, 2.75) is 19.8 Å². The zero-order valence-corrected chi connectivity index (χ0v) is 12.4. The van der Waals surface area contributed by atoms with E-state index in [1.54, 1.807) is 0 Å². The van der Waals surface area contributed by atoms with Gasteiger partial charge in [-0.2, -0.15) is 9.97 Å². The molecule has 1 aromatic heterocycles. The monoisotopic (exact) mass is 313 g/mol. The second-order valence-electron chi connectivity index (χ2n) is 4.49. The molecule has 5 nitrogen and oxygen atoms in total. The number of ether oxygens (including phenoxy) is 1. The molecule has 106 valence electrons. The topological polar surface area (TPSA) is 81.3 Å². The maximum Gasteiger partial charge on any atom is 0.322 e. The van der Waals surface area contributed by atoms with Crippen LogP contribution in [-0.2, 0) is 0 Å². The molecule has 0 unspecified atom stereocenters. The van der Waals surface area contributed by atoms with Crippen molar-refractivity contribution in [3.63, 3.8) is 0 Å². The zero-order valence-electron chi connectivity index (χ0n) is 10.9. The number of hydrogen-bond donors (Lipinski definition) is 2. The van der Waals surface area contributed by atoms with Gasteiger partial charge in [0.25, 0.3) is 0 Å². The van der Waals surface area contributed by atoms with Crippen molar-refractivity contribution in [3.8, 4) is 17.5 Å². The molecule has 0 spiro atoms. The third kappa shape index (κ3) is 3.05. The summed E-state index contributed by atoms with van der Waals surface area (Å²) in [4.78, 5) is 8.03. The smallest absolute Gasteiger partial charge is 0.322 e. The fraction of sp³-hybridized carbons (Fsp3) is 0.231. The van der Waals surface area contributed by atoms with E-state index in [-0.39, 0.29) is 33.5 Å². The third-order valence-electron chi connectivity index (χ3n) is 2.54. The standard InChI is InChI=1S/C13H13Cl2N3O2/c1-6(2)11-10(19)5-17-13(18-11)20-12-8(14)3-7(16)4-9(12)15/h3-6,19H,16H2,1-2H3. The quantitative estimate of drug-likeness (QED) is 0.837. The number of halogens is 2. The molecule has 0 saturated heterocycles. The lowest BCUT2D eigenvalue weighted by Gasteiger charge is -2.11. The molecule has 0 aliphatic rings. The summed E-state index contributed by atoms with van der Waals surface area (Å²) in [6.45, 7) is 3.80. The first-order valence-electron chi connectivity index (χ1n) is 5.86. The second kappa shape index (κ2) is 5.73. The van der Waals surface area contributed by atoms with Crippen LogP contribution in [-0.4, -0.2) is 15.1 Å². The van der Waals surface area contributed by atoms with Crippen molar-refractivity contribution in [1.82, 2.24) is 9.97 Å². The summed E-state index contributed by atoms with van der Waals surface area (Å²) in [6, 6.07) is 3.10. The number of rotatable bonds is 3. The van der Waals surface area contributed by atoms with Crippen LogP contribution < -0.4 is 10.5 Å². The Hall–Kier alpha value is -1.72. The van der Waals surface area contributed by atoms with Crippen LogP contribution in [0.1, 0.15) is 25.5 Å². The Morgan fingerprint density at radius 3 is 2.40 bits per heavy atom. The molecule has 0 aliphatic heterocycles. The maximum absolute atomic E-state index is 9.67. The van der Waals surface area contributed by atoms with Crippen LogP contribution in [0.25, 0.3) is 0 Å². The van der Waals surface area contributed by atoms with E-state index >= 15 is 0 Å². The van der Waals surface area contributed by atoms with Crippen LogP contribution in [0, 0.1) is 0 Å². The maximum atomic E-state index is 9.67. The number of benzene rings is 1. The van der Waals surface area contributed by atoms with E-state index in [4.69, 9.17) is 33.7 Å². The van der Waals surface area contributed by atoms with Gasteiger partial charge in [0, 0.05) is 5.69 Å². The van der Waals surface area contributed by atoms with Gasteiger partial charge < -0.3 is 15.6 Å². The van der Waals surface area contributed by atoms with Crippen molar-refractivity contribution in [2.75, 3.05) is 5.73 Å². The van der Waals surface area contributed by atoms with Crippen molar-refractivity contribution in [2.24, 2.45) is 0 Å². The van der Waals surface area contributed by atoms with Gasteiger partial charge in [0.15, 0.2) is 11.5 Å². The van der Waals surface area contributed by atoms with Gasteiger partial charge in [-0.1, -0.05) is 37.0 Å². The fourth-order valence-corrected chi connectivity index (χ4v) is 2.20. The van der Waals surface area contributed by atoms with Gasteiger partial charge in [-0.25, -0.2) is 0 Å². The van der Waals surface area contributed by atoms with Crippen LogP contribution in [0.3, 0.4) is 0 Å². The Labute approximate surface area is 126 Å². The summed E-state index contributed by atoms with van der Waals surface area (Å²) < 4.78 is 5.49. The van der Waals surface area contributed by atoms with Crippen LogP contribution in [0.15, 0.2) is 18.3 Å². The van der Waals surface area contributed by atoms with Gasteiger partial charge in [-0.3, -0.25) is 0 Å². The zero-order chi connectivity index (χ0) is 14.9. The van der Waals surface area contributed by atoms with Gasteiger partial charge in [0.2, 0.25) is 0 Å². The minimum atomic E-state index is 0.0156. The number of hydrogen-bond acceptors (Lipinski definition) is 5. The molecule has 20 heavy (non-hydrogen) atoms. The first-order chi connectivity index (χ1) is 9.38. The number of aromatic hydroxyl groups is 1. The molecule has 2 aromatic rings. The molecule has 0 bridgehead atoms. The highest BCUT2D eigenvalue weighted by atomic mass is 35.5. The van der Waals surface area contributed by atoms with Gasteiger partial charge >= 0.3 is 6.01 Å². The lowest BCUT2D eigenvalue weighted by atomic mass is 10.1. The largest absolute Gasteiger partial charge is 0.504 e. The molecule has 0 saturated carbocycles. The van der Waals surface area contributed by atoms with Crippen molar-refractivity contribution in [3.05, 3.63) is 34.1 Å². The molecule has 0 aliphatic carbocycles. The Bertz CT molecular complexity index is 625. The summed E-state index contributed by atoms with van der Waals surface area (Å²) in [5.41, 5.74) is 6.53. The van der Waals surface area contributed by atoms with Crippen molar-refractivity contribution >= 4 is 28.9 Å². The van der Waals surface area contributed by atoms with Crippen LogP contribution in [0.2, 0.25) is 10.0 Å². The van der Waals surface area contributed by atoms with Gasteiger partial charge in [-0.15, -0.1) is 0 Å². The molecule has 1 aromatic carbocycles.